The number of rotatable bonds is 7. The van der Waals surface area contributed by atoms with Crippen molar-refractivity contribution in [1.82, 2.24) is 15.0 Å². The van der Waals surface area contributed by atoms with E-state index in [-0.39, 0.29) is 0 Å². The highest BCUT2D eigenvalue weighted by molar-refractivity contribution is 7.19. The van der Waals surface area contributed by atoms with Gasteiger partial charge >= 0.3 is 0 Å². The third kappa shape index (κ3) is 5.69. The predicted octanol–water partition coefficient (Wildman–Crippen LogP) is 15.3. The molecule has 0 saturated heterocycles. The SMILES string of the molecule is C=C/C=C\c1c(C)sc2cccc(-c3ccc(-c4nc(-c5cccc(-c6ccccc6)c5)nc(-c5cccc6c5C5(c7ccccc7-c7ccccc75)c5ccccc5-6)n4)cc3)c12. The summed E-state index contributed by atoms with van der Waals surface area (Å²) in [6.07, 6.45) is 6.03. The smallest absolute Gasteiger partial charge is 0.164 e. The molecule has 2 aliphatic rings. The standard InChI is InChI=1S/C59H39N3S/c1-3-4-21-43-37(2)63-53-31-16-25-44(54(43)53)39-32-34-40(35-33-39)56-60-57(42-20-14-19-41(36-42)38-17-6-5-7-18-38)62-58(61-56)49-27-15-26-48-47-24-10-13-30-52(47)59(55(48)49)50-28-11-8-22-45(50)46-23-9-12-29-51(46)59/h3-36H,1H2,2H3/b21-4-. The summed E-state index contributed by atoms with van der Waals surface area (Å²) < 4.78 is 1.27. The van der Waals surface area contributed by atoms with Gasteiger partial charge in [0.2, 0.25) is 0 Å². The molecule has 63 heavy (non-hydrogen) atoms. The molecule has 0 amide bonds. The van der Waals surface area contributed by atoms with Gasteiger partial charge in [-0.1, -0.05) is 201 Å². The maximum Gasteiger partial charge on any atom is 0.164 e. The van der Waals surface area contributed by atoms with E-state index in [4.69, 9.17) is 15.0 Å². The van der Waals surface area contributed by atoms with E-state index in [2.05, 4.69) is 202 Å². The summed E-state index contributed by atoms with van der Waals surface area (Å²) in [5.41, 5.74) is 18.1. The van der Waals surface area contributed by atoms with Crippen molar-refractivity contribution in [2.45, 2.75) is 12.3 Å². The van der Waals surface area contributed by atoms with Crippen LogP contribution in [0.4, 0.5) is 0 Å². The number of hydrogen-bond acceptors (Lipinski definition) is 4. The van der Waals surface area contributed by atoms with E-state index in [0.29, 0.717) is 17.5 Å². The molecule has 10 aromatic rings. The minimum Gasteiger partial charge on any atom is -0.208 e. The summed E-state index contributed by atoms with van der Waals surface area (Å²) in [6.45, 7) is 6.11. The molecule has 0 unspecified atom stereocenters. The van der Waals surface area contributed by atoms with Gasteiger partial charge in [0, 0.05) is 31.7 Å². The number of aryl methyl sites for hydroxylation is 1. The minimum absolute atomic E-state index is 0.557. The Kier molecular flexibility index (Phi) is 8.63. The molecule has 296 valence electrons. The lowest BCUT2D eigenvalue weighted by molar-refractivity contribution is 0.794. The fourth-order valence-corrected chi connectivity index (χ4v) is 11.3. The van der Waals surface area contributed by atoms with Gasteiger partial charge in [-0.15, -0.1) is 11.3 Å². The topological polar surface area (TPSA) is 38.7 Å². The van der Waals surface area contributed by atoms with E-state index < -0.39 is 5.41 Å². The fraction of sp³-hybridized carbons (Fsp3) is 0.0339. The van der Waals surface area contributed by atoms with Crippen molar-refractivity contribution in [3.05, 3.63) is 239 Å². The molecule has 0 bridgehead atoms. The van der Waals surface area contributed by atoms with Crippen LogP contribution in [0, 0.1) is 6.92 Å². The van der Waals surface area contributed by atoms with E-state index in [1.807, 2.05) is 29.6 Å². The second-order valence-electron chi connectivity index (χ2n) is 16.3. The maximum absolute atomic E-state index is 5.45. The largest absolute Gasteiger partial charge is 0.208 e. The van der Waals surface area contributed by atoms with E-state index in [1.165, 1.54) is 70.6 Å². The van der Waals surface area contributed by atoms with Crippen LogP contribution in [-0.4, -0.2) is 15.0 Å². The molecule has 0 N–H and O–H groups in total. The first kappa shape index (κ1) is 37.0. The fourth-order valence-electron chi connectivity index (χ4n) is 10.3. The third-order valence-corrected chi connectivity index (χ3v) is 14.0. The second-order valence-corrected chi connectivity index (χ2v) is 17.5. The Hall–Kier alpha value is -7.79. The number of aromatic nitrogens is 3. The molecule has 2 aromatic heterocycles. The van der Waals surface area contributed by atoms with Crippen LogP contribution in [0.1, 0.15) is 32.7 Å². The van der Waals surface area contributed by atoms with Gasteiger partial charge in [0.15, 0.2) is 17.5 Å². The predicted molar refractivity (Wildman–Crippen MR) is 263 cm³/mol. The molecule has 0 atom stereocenters. The summed E-state index contributed by atoms with van der Waals surface area (Å²) in [5, 5.41) is 1.26. The summed E-state index contributed by atoms with van der Waals surface area (Å²) in [7, 11) is 0. The Morgan fingerprint density at radius 3 is 1.65 bits per heavy atom. The van der Waals surface area contributed by atoms with Crippen LogP contribution in [0.3, 0.4) is 0 Å². The number of fused-ring (bicyclic) bond motifs is 11. The summed E-state index contributed by atoms with van der Waals surface area (Å²) >= 11 is 1.83. The van der Waals surface area contributed by atoms with Crippen LogP contribution in [-0.2, 0) is 5.41 Å². The van der Waals surface area contributed by atoms with Gasteiger partial charge in [-0.05, 0) is 91.4 Å². The van der Waals surface area contributed by atoms with Gasteiger partial charge in [-0.25, -0.2) is 15.0 Å². The zero-order chi connectivity index (χ0) is 42.1. The Bertz CT molecular complexity index is 3420. The van der Waals surface area contributed by atoms with E-state index >= 15 is 0 Å². The van der Waals surface area contributed by atoms with Crippen molar-refractivity contribution in [2.75, 3.05) is 0 Å². The van der Waals surface area contributed by atoms with Crippen LogP contribution in [0.25, 0.3) is 94.8 Å². The molecule has 3 nitrogen and oxygen atoms in total. The van der Waals surface area contributed by atoms with Gasteiger partial charge in [0.1, 0.15) is 0 Å². The Labute approximate surface area is 371 Å². The van der Waals surface area contributed by atoms with Gasteiger partial charge in [-0.2, -0.15) is 0 Å². The van der Waals surface area contributed by atoms with E-state index in [9.17, 15) is 0 Å². The van der Waals surface area contributed by atoms with Crippen LogP contribution in [0.15, 0.2) is 207 Å². The molecule has 0 fully saturated rings. The average molecular weight is 822 g/mol. The molecular weight excluding hydrogens is 783 g/mol. The van der Waals surface area contributed by atoms with Gasteiger partial charge in [-0.3, -0.25) is 0 Å². The lowest BCUT2D eigenvalue weighted by atomic mass is 9.69. The lowest BCUT2D eigenvalue weighted by Crippen LogP contribution is -2.26. The maximum atomic E-state index is 5.45. The summed E-state index contributed by atoms with van der Waals surface area (Å²) in [6, 6.07) is 67.7. The van der Waals surface area contributed by atoms with E-state index in [1.54, 1.807) is 0 Å². The van der Waals surface area contributed by atoms with Gasteiger partial charge in [0.05, 0.1) is 5.41 Å². The first-order chi connectivity index (χ1) is 31.1. The molecule has 2 aliphatic carbocycles. The van der Waals surface area contributed by atoms with Crippen molar-refractivity contribution in [1.29, 1.82) is 0 Å². The first-order valence-electron chi connectivity index (χ1n) is 21.4. The quantitative estimate of drug-likeness (QED) is 0.150. The molecule has 0 saturated carbocycles. The van der Waals surface area contributed by atoms with Crippen LogP contribution in [0.5, 0.6) is 0 Å². The van der Waals surface area contributed by atoms with Gasteiger partial charge < -0.3 is 0 Å². The highest BCUT2D eigenvalue weighted by atomic mass is 32.1. The number of hydrogen-bond donors (Lipinski definition) is 0. The van der Waals surface area contributed by atoms with Crippen LogP contribution >= 0.6 is 11.3 Å². The number of nitrogens with zero attached hydrogens (tertiary/aromatic N) is 3. The number of allylic oxidation sites excluding steroid dienone is 2. The molecule has 0 radical (unpaired) electrons. The van der Waals surface area contributed by atoms with Crippen molar-refractivity contribution < 1.29 is 0 Å². The molecule has 8 aromatic carbocycles. The van der Waals surface area contributed by atoms with Crippen molar-refractivity contribution in [2.24, 2.45) is 0 Å². The lowest BCUT2D eigenvalue weighted by Gasteiger charge is -2.31. The summed E-state index contributed by atoms with van der Waals surface area (Å²) in [4.78, 5) is 17.5. The van der Waals surface area contributed by atoms with Crippen molar-refractivity contribution in [3.63, 3.8) is 0 Å². The molecule has 1 spiro atoms. The van der Waals surface area contributed by atoms with Crippen LogP contribution < -0.4 is 0 Å². The van der Waals surface area contributed by atoms with Gasteiger partial charge in [0.25, 0.3) is 0 Å². The highest BCUT2D eigenvalue weighted by Gasteiger charge is 2.52. The summed E-state index contributed by atoms with van der Waals surface area (Å²) in [5.74, 6) is 1.90. The Morgan fingerprint density at radius 1 is 0.444 bits per heavy atom. The van der Waals surface area contributed by atoms with Crippen molar-refractivity contribution >= 4 is 27.5 Å². The Balaban J connectivity index is 1.08. The average Bonchev–Trinajstić information content (AvgIpc) is 3.96. The van der Waals surface area contributed by atoms with Crippen molar-refractivity contribution in [3.8, 4) is 78.7 Å². The zero-order valence-corrected chi connectivity index (χ0v) is 35.4. The Morgan fingerprint density at radius 2 is 0.952 bits per heavy atom. The number of thiophene rings is 1. The van der Waals surface area contributed by atoms with E-state index in [0.717, 1.165) is 33.4 Å². The molecule has 2 heterocycles. The monoisotopic (exact) mass is 821 g/mol. The minimum atomic E-state index is -0.557. The normalized spacial score (nSPS) is 13.0. The highest BCUT2D eigenvalue weighted by Crippen LogP contribution is 2.64. The molecule has 4 heteroatoms. The number of benzene rings is 8. The molecule has 12 rings (SSSR count). The second kappa shape index (κ2) is 14.7. The van der Waals surface area contributed by atoms with Crippen LogP contribution in [0.2, 0.25) is 0 Å². The molecule has 0 aliphatic heterocycles. The first-order valence-corrected chi connectivity index (χ1v) is 22.2. The zero-order valence-electron chi connectivity index (χ0n) is 34.6. The third-order valence-electron chi connectivity index (χ3n) is 12.9. The molecular formula is C59H39N3S.